The molecule has 0 unspecified atom stereocenters. The molecule has 0 atom stereocenters. The molecule has 2 rings (SSSR count). The van der Waals surface area contributed by atoms with Crippen LogP contribution in [0.15, 0.2) is 11.4 Å². The fourth-order valence-corrected chi connectivity index (χ4v) is 3.17. The lowest BCUT2D eigenvalue weighted by Gasteiger charge is -2.39. The molecular weight excluding hydrogens is 252 g/mol. The van der Waals surface area contributed by atoms with Crippen LogP contribution in [-0.4, -0.2) is 10.9 Å². The molecule has 1 fully saturated rings. The van der Waals surface area contributed by atoms with Crippen LogP contribution in [0.5, 0.6) is 0 Å². The van der Waals surface area contributed by atoms with Crippen LogP contribution in [0.25, 0.3) is 0 Å². The van der Waals surface area contributed by atoms with E-state index < -0.39 is 5.41 Å². The van der Waals surface area contributed by atoms with Crippen molar-refractivity contribution in [3.05, 3.63) is 21.9 Å². The number of nitrogens with two attached hydrogens (primary N) is 1. The van der Waals surface area contributed by atoms with E-state index in [1.165, 1.54) is 10.4 Å². The van der Waals surface area contributed by atoms with E-state index in [0.29, 0.717) is 11.5 Å². The van der Waals surface area contributed by atoms with Crippen LogP contribution >= 0.6 is 23.6 Å². The van der Waals surface area contributed by atoms with Gasteiger partial charge in [0.05, 0.1) is 16.9 Å². The molecule has 0 bridgehead atoms. The van der Waals surface area contributed by atoms with E-state index in [1.54, 1.807) is 11.3 Å². The molecule has 1 aliphatic carbocycles. The number of hydrogen-bond donors (Lipinski definition) is 2. The van der Waals surface area contributed by atoms with Crippen molar-refractivity contribution in [2.75, 3.05) is 0 Å². The predicted molar refractivity (Wildman–Crippen MR) is 74.0 cm³/mol. The number of hydrogen-bond acceptors (Lipinski definition) is 3. The maximum absolute atomic E-state index is 12.1. The summed E-state index contributed by atoms with van der Waals surface area (Å²) in [6.07, 6.45) is 2.61. The second kappa shape index (κ2) is 4.74. The van der Waals surface area contributed by atoms with E-state index in [4.69, 9.17) is 18.0 Å². The molecular formula is C12H16N2OS2. The first-order chi connectivity index (χ1) is 8.06. The third-order valence-corrected chi connectivity index (χ3v) is 4.90. The fraction of sp³-hybridized carbons (Fsp3) is 0.500. The molecule has 1 saturated carbocycles. The van der Waals surface area contributed by atoms with Gasteiger partial charge in [0.2, 0.25) is 5.91 Å². The number of thiocarbonyl (C=S) groups is 1. The molecule has 0 radical (unpaired) electrons. The monoisotopic (exact) mass is 268 g/mol. The van der Waals surface area contributed by atoms with Crippen LogP contribution in [0.2, 0.25) is 0 Å². The molecule has 5 heteroatoms. The second-order valence-corrected chi connectivity index (χ2v) is 5.95. The number of nitrogens with one attached hydrogen (secondary N) is 1. The zero-order valence-corrected chi connectivity index (χ0v) is 11.4. The Morgan fingerprint density at radius 2 is 2.35 bits per heavy atom. The quantitative estimate of drug-likeness (QED) is 0.823. The lowest BCUT2D eigenvalue weighted by atomic mass is 9.68. The number of amides is 1. The van der Waals surface area contributed by atoms with Crippen LogP contribution in [0.4, 0.5) is 0 Å². The summed E-state index contributed by atoms with van der Waals surface area (Å²) in [6, 6.07) is 2.05. The molecule has 1 aliphatic rings. The number of rotatable bonds is 4. The van der Waals surface area contributed by atoms with E-state index in [9.17, 15) is 4.79 Å². The zero-order chi connectivity index (χ0) is 12.5. The van der Waals surface area contributed by atoms with Crippen molar-refractivity contribution in [2.45, 2.75) is 32.7 Å². The summed E-state index contributed by atoms with van der Waals surface area (Å²) < 4.78 is 0. The lowest BCUT2D eigenvalue weighted by Crippen LogP contribution is -2.52. The summed E-state index contributed by atoms with van der Waals surface area (Å²) in [4.78, 5) is 13.6. The maximum atomic E-state index is 12.1. The van der Waals surface area contributed by atoms with Crippen molar-refractivity contribution in [2.24, 2.45) is 11.1 Å². The van der Waals surface area contributed by atoms with Crippen molar-refractivity contribution in [1.82, 2.24) is 5.32 Å². The van der Waals surface area contributed by atoms with Crippen molar-refractivity contribution in [1.29, 1.82) is 0 Å². The van der Waals surface area contributed by atoms with Gasteiger partial charge in [0.1, 0.15) is 0 Å². The average Bonchev–Trinajstić information content (AvgIpc) is 2.58. The predicted octanol–water partition coefficient (Wildman–Crippen LogP) is 2.13. The number of thiophene rings is 1. The summed E-state index contributed by atoms with van der Waals surface area (Å²) in [5.74, 6) is -0.0101. The van der Waals surface area contributed by atoms with Crippen LogP contribution in [-0.2, 0) is 11.3 Å². The SMILES string of the molecule is Cc1ccsc1CNC(=O)C1(C(N)=S)CCC1. The fourth-order valence-electron chi connectivity index (χ4n) is 2.03. The van der Waals surface area contributed by atoms with Gasteiger partial charge in [-0.3, -0.25) is 4.79 Å². The summed E-state index contributed by atoms with van der Waals surface area (Å²) >= 11 is 6.67. The maximum Gasteiger partial charge on any atom is 0.233 e. The third-order valence-electron chi connectivity index (χ3n) is 3.49. The van der Waals surface area contributed by atoms with Gasteiger partial charge in [0, 0.05) is 4.88 Å². The van der Waals surface area contributed by atoms with Crippen molar-refractivity contribution < 1.29 is 4.79 Å². The number of carbonyl (C=O) groups excluding carboxylic acids is 1. The van der Waals surface area contributed by atoms with Crippen molar-refractivity contribution >= 4 is 34.5 Å². The molecule has 3 N–H and O–H groups in total. The standard InChI is InChI=1S/C12H16N2OS2/c1-8-3-6-17-9(8)7-14-11(15)12(10(13)16)4-2-5-12/h3,6H,2,4-5,7H2,1H3,(H2,13,16)(H,14,15). The molecule has 1 amide bonds. The smallest absolute Gasteiger partial charge is 0.233 e. The summed E-state index contributed by atoms with van der Waals surface area (Å²) in [6.45, 7) is 2.62. The van der Waals surface area contributed by atoms with E-state index in [0.717, 1.165) is 19.3 Å². The van der Waals surface area contributed by atoms with Gasteiger partial charge >= 0.3 is 0 Å². The third kappa shape index (κ3) is 2.21. The van der Waals surface area contributed by atoms with Gasteiger partial charge in [-0.05, 0) is 36.8 Å². The Labute approximate surface area is 110 Å². The topological polar surface area (TPSA) is 55.1 Å². The Balaban J connectivity index is 1.98. The van der Waals surface area contributed by atoms with Gasteiger partial charge in [-0.15, -0.1) is 11.3 Å². The zero-order valence-electron chi connectivity index (χ0n) is 9.79. The second-order valence-electron chi connectivity index (χ2n) is 4.51. The molecule has 0 spiro atoms. The molecule has 17 heavy (non-hydrogen) atoms. The molecule has 3 nitrogen and oxygen atoms in total. The Kier molecular flexibility index (Phi) is 3.49. The summed E-state index contributed by atoms with van der Waals surface area (Å²) in [5, 5.41) is 4.99. The summed E-state index contributed by atoms with van der Waals surface area (Å²) in [5.41, 5.74) is 6.33. The minimum Gasteiger partial charge on any atom is -0.392 e. The molecule has 1 heterocycles. The molecule has 0 aliphatic heterocycles. The Morgan fingerprint density at radius 1 is 1.65 bits per heavy atom. The highest BCUT2D eigenvalue weighted by molar-refractivity contribution is 7.80. The van der Waals surface area contributed by atoms with Gasteiger partial charge in [-0.2, -0.15) is 0 Å². The van der Waals surface area contributed by atoms with Crippen molar-refractivity contribution in [3.8, 4) is 0 Å². The molecule has 92 valence electrons. The molecule has 1 aromatic heterocycles. The normalized spacial score (nSPS) is 17.2. The molecule has 0 saturated heterocycles. The van der Waals surface area contributed by atoms with E-state index in [1.807, 2.05) is 12.3 Å². The first kappa shape index (κ1) is 12.5. The Hall–Kier alpha value is -0.940. The van der Waals surface area contributed by atoms with Crippen LogP contribution in [0.3, 0.4) is 0 Å². The van der Waals surface area contributed by atoms with Gasteiger partial charge in [-0.1, -0.05) is 18.6 Å². The first-order valence-corrected chi connectivity index (χ1v) is 6.96. The highest BCUT2D eigenvalue weighted by Gasteiger charge is 2.46. The van der Waals surface area contributed by atoms with Crippen LogP contribution in [0, 0.1) is 12.3 Å². The number of carbonyl (C=O) groups is 1. The largest absolute Gasteiger partial charge is 0.392 e. The van der Waals surface area contributed by atoms with Gasteiger partial charge in [0.25, 0.3) is 0 Å². The minimum absolute atomic E-state index is 0.0101. The van der Waals surface area contributed by atoms with Gasteiger partial charge < -0.3 is 11.1 Å². The highest BCUT2D eigenvalue weighted by Crippen LogP contribution is 2.41. The minimum atomic E-state index is -0.569. The average molecular weight is 268 g/mol. The number of aryl methyl sites for hydroxylation is 1. The Bertz CT molecular complexity index is 449. The van der Waals surface area contributed by atoms with E-state index in [-0.39, 0.29) is 5.91 Å². The van der Waals surface area contributed by atoms with Gasteiger partial charge in [0.15, 0.2) is 0 Å². The van der Waals surface area contributed by atoms with E-state index in [2.05, 4.69) is 11.4 Å². The molecule has 1 aromatic rings. The summed E-state index contributed by atoms with van der Waals surface area (Å²) in [7, 11) is 0. The van der Waals surface area contributed by atoms with Crippen LogP contribution < -0.4 is 11.1 Å². The van der Waals surface area contributed by atoms with Crippen molar-refractivity contribution in [3.63, 3.8) is 0 Å². The van der Waals surface area contributed by atoms with Gasteiger partial charge in [-0.25, -0.2) is 0 Å². The Morgan fingerprint density at radius 3 is 2.76 bits per heavy atom. The van der Waals surface area contributed by atoms with E-state index >= 15 is 0 Å². The highest BCUT2D eigenvalue weighted by atomic mass is 32.1. The molecule has 0 aromatic carbocycles. The first-order valence-electron chi connectivity index (χ1n) is 5.67. The lowest BCUT2D eigenvalue weighted by molar-refractivity contribution is -0.130. The van der Waals surface area contributed by atoms with Crippen LogP contribution in [0.1, 0.15) is 29.7 Å².